The lowest BCUT2D eigenvalue weighted by Crippen LogP contribution is -2.15. The van der Waals surface area contributed by atoms with E-state index in [1.165, 1.54) is 5.56 Å². The highest BCUT2D eigenvalue weighted by atomic mass is 35.5. The zero-order valence-corrected chi connectivity index (χ0v) is 10.0. The van der Waals surface area contributed by atoms with Crippen molar-refractivity contribution in [3.63, 3.8) is 0 Å². The normalized spacial score (nSPS) is 14.0. The Labute approximate surface area is 92.3 Å². The summed E-state index contributed by atoms with van der Waals surface area (Å²) in [5, 5.41) is 0.248. The van der Waals surface area contributed by atoms with Gasteiger partial charge in [0.1, 0.15) is 0 Å². The molecule has 78 valence electrons. The van der Waals surface area contributed by atoms with Crippen LogP contribution in [0, 0.1) is 5.41 Å². The van der Waals surface area contributed by atoms with Crippen LogP contribution in [0.2, 0.25) is 0 Å². The molecular weight excluding hydrogens is 192 g/mol. The third kappa shape index (κ3) is 4.66. The minimum absolute atomic E-state index is 0.248. The van der Waals surface area contributed by atoms with Crippen LogP contribution in [0.5, 0.6) is 0 Å². The van der Waals surface area contributed by atoms with E-state index in [0.717, 1.165) is 12.8 Å². The summed E-state index contributed by atoms with van der Waals surface area (Å²) in [4.78, 5) is 0. The summed E-state index contributed by atoms with van der Waals surface area (Å²) in [6, 6.07) is 10.4. The summed E-state index contributed by atoms with van der Waals surface area (Å²) in [6.45, 7) is 6.69. The van der Waals surface area contributed by atoms with Gasteiger partial charge in [0.25, 0.3) is 0 Å². The maximum absolute atomic E-state index is 6.30. The Morgan fingerprint density at radius 2 is 1.71 bits per heavy atom. The topological polar surface area (TPSA) is 0 Å². The largest absolute Gasteiger partial charge is 0.123 e. The van der Waals surface area contributed by atoms with E-state index in [1.807, 2.05) is 6.07 Å². The zero-order chi connectivity index (χ0) is 10.6. The van der Waals surface area contributed by atoms with Crippen LogP contribution >= 0.6 is 11.6 Å². The number of hydrogen-bond acceptors (Lipinski definition) is 0. The van der Waals surface area contributed by atoms with Crippen LogP contribution in [-0.2, 0) is 6.42 Å². The molecule has 0 radical (unpaired) electrons. The van der Waals surface area contributed by atoms with Crippen LogP contribution in [-0.4, -0.2) is 5.38 Å². The lowest BCUT2D eigenvalue weighted by atomic mass is 9.88. The van der Waals surface area contributed by atoms with Gasteiger partial charge in [0.05, 0.1) is 0 Å². The van der Waals surface area contributed by atoms with E-state index in [-0.39, 0.29) is 5.38 Å². The smallest absolute Gasteiger partial charge is 0.0381 e. The van der Waals surface area contributed by atoms with E-state index in [2.05, 4.69) is 45.0 Å². The molecule has 14 heavy (non-hydrogen) atoms. The second-order valence-corrected chi connectivity index (χ2v) is 5.67. The van der Waals surface area contributed by atoms with Crippen LogP contribution in [0.15, 0.2) is 30.3 Å². The highest BCUT2D eigenvalue weighted by Crippen LogP contribution is 2.25. The Morgan fingerprint density at radius 3 is 2.21 bits per heavy atom. The van der Waals surface area contributed by atoms with Crippen molar-refractivity contribution in [1.82, 2.24) is 0 Å². The molecule has 1 atom stereocenters. The average molecular weight is 211 g/mol. The molecule has 0 N–H and O–H groups in total. The third-order valence-corrected chi connectivity index (χ3v) is 2.44. The van der Waals surface area contributed by atoms with Gasteiger partial charge >= 0.3 is 0 Å². The van der Waals surface area contributed by atoms with Crippen LogP contribution in [0.25, 0.3) is 0 Å². The first-order valence-corrected chi connectivity index (χ1v) is 5.59. The van der Waals surface area contributed by atoms with Gasteiger partial charge in [0, 0.05) is 5.38 Å². The highest BCUT2D eigenvalue weighted by Gasteiger charge is 2.16. The Kier molecular flexibility index (Phi) is 4.00. The first kappa shape index (κ1) is 11.6. The van der Waals surface area contributed by atoms with Crippen molar-refractivity contribution in [2.45, 2.75) is 39.0 Å². The average Bonchev–Trinajstić information content (AvgIpc) is 2.02. The first-order valence-electron chi connectivity index (χ1n) is 5.15. The summed E-state index contributed by atoms with van der Waals surface area (Å²) >= 11 is 6.30. The molecule has 0 aliphatic carbocycles. The van der Waals surface area contributed by atoms with Crippen molar-refractivity contribution in [1.29, 1.82) is 0 Å². The Hall–Kier alpha value is -0.490. The maximum atomic E-state index is 6.30. The highest BCUT2D eigenvalue weighted by molar-refractivity contribution is 6.20. The molecule has 0 heterocycles. The summed E-state index contributed by atoms with van der Waals surface area (Å²) < 4.78 is 0. The molecule has 0 amide bonds. The second-order valence-electron chi connectivity index (χ2n) is 5.05. The van der Waals surface area contributed by atoms with Gasteiger partial charge < -0.3 is 0 Å². The molecule has 1 aromatic carbocycles. The minimum atomic E-state index is 0.248. The Morgan fingerprint density at radius 1 is 1.14 bits per heavy atom. The zero-order valence-electron chi connectivity index (χ0n) is 9.26. The van der Waals surface area contributed by atoms with Crippen molar-refractivity contribution in [3.05, 3.63) is 35.9 Å². The van der Waals surface area contributed by atoms with E-state index in [0.29, 0.717) is 5.41 Å². The lowest BCUT2D eigenvalue weighted by Gasteiger charge is -2.21. The number of halogens is 1. The van der Waals surface area contributed by atoms with E-state index >= 15 is 0 Å². The van der Waals surface area contributed by atoms with Gasteiger partial charge in [0.2, 0.25) is 0 Å². The summed E-state index contributed by atoms with van der Waals surface area (Å²) in [5.41, 5.74) is 1.65. The van der Waals surface area contributed by atoms with Gasteiger partial charge in [-0.2, -0.15) is 0 Å². The Balaban J connectivity index is 2.46. The molecule has 0 spiro atoms. The fourth-order valence-electron chi connectivity index (χ4n) is 1.61. The quantitative estimate of drug-likeness (QED) is 0.654. The molecule has 0 aliphatic heterocycles. The lowest BCUT2D eigenvalue weighted by molar-refractivity contribution is 0.369. The van der Waals surface area contributed by atoms with Crippen LogP contribution in [0.3, 0.4) is 0 Å². The first-order chi connectivity index (χ1) is 6.47. The molecule has 0 aromatic heterocycles. The predicted molar refractivity (Wildman–Crippen MR) is 63.9 cm³/mol. The number of rotatable bonds is 3. The fraction of sp³-hybridized carbons (Fsp3) is 0.538. The standard InChI is InChI=1S/C13H19Cl/c1-13(2,3)10-12(14)9-11-7-5-4-6-8-11/h4-8,12H,9-10H2,1-3H3. The van der Waals surface area contributed by atoms with E-state index in [9.17, 15) is 0 Å². The van der Waals surface area contributed by atoms with Crippen LogP contribution in [0.4, 0.5) is 0 Å². The molecule has 1 unspecified atom stereocenters. The number of hydrogen-bond donors (Lipinski definition) is 0. The van der Waals surface area contributed by atoms with Gasteiger partial charge in [-0.1, -0.05) is 51.1 Å². The molecule has 1 aromatic rings. The Bertz CT molecular complexity index is 258. The van der Waals surface area contributed by atoms with Crippen molar-refractivity contribution in [2.24, 2.45) is 5.41 Å². The van der Waals surface area contributed by atoms with Crippen molar-refractivity contribution in [2.75, 3.05) is 0 Å². The molecule has 0 aliphatic rings. The summed E-state index contributed by atoms with van der Waals surface area (Å²) in [5.74, 6) is 0. The number of alkyl halides is 1. The van der Waals surface area contributed by atoms with Gasteiger partial charge in [-0.05, 0) is 23.8 Å². The van der Waals surface area contributed by atoms with E-state index in [4.69, 9.17) is 11.6 Å². The van der Waals surface area contributed by atoms with Gasteiger partial charge in [-0.25, -0.2) is 0 Å². The van der Waals surface area contributed by atoms with Crippen LogP contribution in [0.1, 0.15) is 32.8 Å². The van der Waals surface area contributed by atoms with Gasteiger partial charge in [-0.3, -0.25) is 0 Å². The molecule has 0 saturated carbocycles. The van der Waals surface area contributed by atoms with Gasteiger partial charge in [-0.15, -0.1) is 11.6 Å². The molecule has 1 rings (SSSR count). The van der Waals surface area contributed by atoms with Crippen molar-refractivity contribution < 1.29 is 0 Å². The van der Waals surface area contributed by atoms with Crippen molar-refractivity contribution in [3.8, 4) is 0 Å². The fourth-order valence-corrected chi connectivity index (χ4v) is 2.25. The predicted octanol–water partition coefficient (Wildman–Crippen LogP) is 4.27. The van der Waals surface area contributed by atoms with Crippen LogP contribution < -0.4 is 0 Å². The van der Waals surface area contributed by atoms with Crippen molar-refractivity contribution >= 4 is 11.6 Å². The summed E-state index contributed by atoms with van der Waals surface area (Å²) in [6.07, 6.45) is 2.03. The number of benzene rings is 1. The minimum Gasteiger partial charge on any atom is -0.123 e. The monoisotopic (exact) mass is 210 g/mol. The summed E-state index contributed by atoms with van der Waals surface area (Å²) in [7, 11) is 0. The molecule has 0 fully saturated rings. The van der Waals surface area contributed by atoms with E-state index in [1.54, 1.807) is 0 Å². The molecule has 0 bridgehead atoms. The van der Waals surface area contributed by atoms with Gasteiger partial charge in [0.15, 0.2) is 0 Å². The third-order valence-electron chi connectivity index (χ3n) is 2.13. The maximum Gasteiger partial charge on any atom is 0.0381 e. The molecule has 0 nitrogen and oxygen atoms in total. The molecule has 0 saturated heterocycles. The SMILES string of the molecule is CC(C)(C)CC(Cl)Cc1ccccc1. The molecule has 1 heteroatoms. The molecular formula is C13H19Cl. The van der Waals surface area contributed by atoms with E-state index < -0.39 is 0 Å². The second kappa shape index (κ2) is 4.84.